The van der Waals surface area contributed by atoms with E-state index in [1.54, 1.807) is 0 Å². The van der Waals surface area contributed by atoms with Gasteiger partial charge in [0.05, 0.1) is 0 Å². The van der Waals surface area contributed by atoms with Crippen molar-refractivity contribution in [2.45, 2.75) is 52.7 Å². The summed E-state index contributed by atoms with van der Waals surface area (Å²) < 4.78 is 0. The molecule has 0 spiro atoms. The summed E-state index contributed by atoms with van der Waals surface area (Å²) in [5, 5.41) is 12.4. The molecular formula is C16H28N2O. The summed E-state index contributed by atoms with van der Waals surface area (Å²) >= 11 is 0. The molecule has 0 bridgehead atoms. The van der Waals surface area contributed by atoms with Gasteiger partial charge >= 0.3 is 0 Å². The minimum atomic E-state index is 0.250. The lowest BCUT2D eigenvalue weighted by atomic mass is 10.1. The number of hydrogen-bond acceptors (Lipinski definition) is 3. The van der Waals surface area contributed by atoms with Crippen LogP contribution in [0, 0.1) is 0 Å². The molecule has 0 aliphatic rings. The Balaban J connectivity index is 2.66. The van der Waals surface area contributed by atoms with E-state index in [1.165, 1.54) is 11.3 Å². The Morgan fingerprint density at radius 1 is 1.11 bits per heavy atom. The Bertz CT molecular complexity index is 346. The molecule has 0 saturated carbocycles. The van der Waals surface area contributed by atoms with E-state index in [9.17, 15) is 0 Å². The fourth-order valence-electron chi connectivity index (χ4n) is 2.05. The molecular weight excluding hydrogens is 236 g/mol. The topological polar surface area (TPSA) is 35.5 Å². The summed E-state index contributed by atoms with van der Waals surface area (Å²) in [5.41, 5.74) is 2.54. The summed E-state index contributed by atoms with van der Waals surface area (Å²) in [6.07, 6.45) is 0.814. The highest BCUT2D eigenvalue weighted by atomic mass is 16.3. The number of anilines is 1. The summed E-state index contributed by atoms with van der Waals surface area (Å²) in [5.74, 6) is 0. The van der Waals surface area contributed by atoms with E-state index in [0.717, 1.165) is 19.5 Å². The number of aliphatic hydroxyl groups excluding tert-OH is 1. The third kappa shape index (κ3) is 5.62. The first-order valence-electron chi connectivity index (χ1n) is 7.24. The zero-order valence-electron chi connectivity index (χ0n) is 12.7. The average Bonchev–Trinajstić information content (AvgIpc) is 2.37. The van der Waals surface area contributed by atoms with Gasteiger partial charge in [-0.2, -0.15) is 0 Å². The molecule has 0 atom stereocenters. The summed E-state index contributed by atoms with van der Waals surface area (Å²) in [6, 6.07) is 9.67. The summed E-state index contributed by atoms with van der Waals surface area (Å²) in [6.45, 7) is 10.7. The van der Waals surface area contributed by atoms with Crippen LogP contribution in [0.3, 0.4) is 0 Å². The van der Waals surface area contributed by atoms with Crippen molar-refractivity contribution in [1.29, 1.82) is 0 Å². The fourth-order valence-corrected chi connectivity index (χ4v) is 2.05. The van der Waals surface area contributed by atoms with Crippen LogP contribution in [0.5, 0.6) is 0 Å². The van der Waals surface area contributed by atoms with Gasteiger partial charge in [0.1, 0.15) is 0 Å². The molecule has 19 heavy (non-hydrogen) atoms. The van der Waals surface area contributed by atoms with Gasteiger partial charge in [0.2, 0.25) is 0 Å². The Morgan fingerprint density at radius 2 is 1.74 bits per heavy atom. The Kier molecular flexibility index (Phi) is 6.89. The lowest BCUT2D eigenvalue weighted by molar-refractivity contribution is 0.288. The lowest BCUT2D eigenvalue weighted by Gasteiger charge is -2.29. The van der Waals surface area contributed by atoms with Crippen LogP contribution in [0.25, 0.3) is 0 Å². The minimum absolute atomic E-state index is 0.250. The van der Waals surface area contributed by atoms with Gasteiger partial charge < -0.3 is 15.3 Å². The van der Waals surface area contributed by atoms with Crippen molar-refractivity contribution in [2.75, 3.05) is 18.1 Å². The molecule has 0 amide bonds. The highest BCUT2D eigenvalue weighted by molar-refractivity contribution is 5.48. The van der Waals surface area contributed by atoms with E-state index in [2.05, 4.69) is 62.2 Å². The molecule has 0 aliphatic heterocycles. The van der Waals surface area contributed by atoms with Crippen LogP contribution in [-0.2, 0) is 6.54 Å². The molecule has 1 rings (SSSR count). The molecule has 0 saturated heterocycles. The molecule has 0 aliphatic carbocycles. The smallest absolute Gasteiger partial charge is 0.0447 e. The Morgan fingerprint density at radius 3 is 2.21 bits per heavy atom. The molecule has 0 unspecified atom stereocenters. The first-order chi connectivity index (χ1) is 9.04. The van der Waals surface area contributed by atoms with Gasteiger partial charge in [0, 0.05) is 37.5 Å². The van der Waals surface area contributed by atoms with Crippen molar-refractivity contribution < 1.29 is 5.11 Å². The zero-order valence-corrected chi connectivity index (χ0v) is 12.7. The minimum Gasteiger partial charge on any atom is -0.396 e. The van der Waals surface area contributed by atoms with Crippen molar-refractivity contribution in [3.05, 3.63) is 29.8 Å². The first-order valence-corrected chi connectivity index (χ1v) is 7.24. The molecule has 3 heteroatoms. The fraction of sp³-hybridized carbons (Fsp3) is 0.625. The largest absolute Gasteiger partial charge is 0.396 e. The third-order valence-electron chi connectivity index (χ3n) is 3.16. The quantitative estimate of drug-likeness (QED) is 0.758. The molecule has 0 heterocycles. The number of nitrogens with zero attached hydrogens (tertiary/aromatic N) is 1. The second kappa shape index (κ2) is 8.18. The van der Waals surface area contributed by atoms with Gasteiger partial charge in [0.15, 0.2) is 0 Å². The van der Waals surface area contributed by atoms with E-state index in [4.69, 9.17) is 5.11 Å². The molecule has 0 aromatic heterocycles. The van der Waals surface area contributed by atoms with Crippen molar-refractivity contribution in [3.8, 4) is 0 Å². The van der Waals surface area contributed by atoms with Gasteiger partial charge in [-0.3, -0.25) is 0 Å². The van der Waals surface area contributed by atoms with Crippen molar-refractivity contribution >= 4 is 5.69 Å². The van der Waals surface area contributed by atoms with Crippen LogP contribution in [-0.4, -0.2) is 30.3 Å². The van der Waals surface area contributed by atoms with Gasteiger partial charge in [0.25, 0.3) is 0 Å². The molecule has 2 N–H and O–H groups in total. The van der Waals surface area contributed by atoms with E-state index in [1.807, 2.05) is 0 Å². The van der Waals surface area contributed by atoms with E-state index >= 15 is 0 Å². The lowest BCUT2D eigenvalue weighted by Crippen LogP contribution is -2.32. The SMILES string of the molecule is CC(C)NCc1ccc(N(CCCO)C(C)C)cc1. The molecule has 1 aromatic carbocycles. The van der Waals surface area contributed by atoms with Gasteiger partial charge in [-0.25, -0.2) is 0 Å². The van der Waals surface area contributed by atoms with Gasteiger partial charge in [-0.1, -0.05) is 26.0 Å². The number of hydrogen-bond donors (Lipinski definition) is 2. The second-order valence-corrected chi connectivity index (χ2v) is 5.57. The summed E-state index contributed by atoms with van der Waals surface area (Å²) in [7, 11) is 0. The molecule has 1 aromatic rings. The maximum absolute atomic E-state index is 8.97. The Labute approximate surface area is 117 Å². The number of aliphatic hydroxyl groups is 1. The van der Waals surface area contributed by atoms with Crippen LogP contribution in [0.15, 0.2) is 24.3 Å². The van der Waals surface area contributed by atoms with Crippen LogP contribution >= 0.6 is 0 Å². The Hall–Kier alpha value is -1.06. The third-order valence-corrected chi connectivity index (χ3v) is 3.16. The van der Waals surface area contributed by atoms with E-state index in [-0.39, 0.29) is 6.61 Å². The van der Waals surface area contributed by atoms with Crippen LogP contribution in [0.4, 0.5) is 5.69 Å². The summed E-state index contributed by atoms with van der Waals surface area (Å²) in [4.78, 5) is 2.33. The average molecular weight is 264 g/mol. The van der Waals surface area contributed by atoms with Crippen molar-refractivity contribution in [2.24, 2.45) is 0 Å². The molecule has 0 fully saturated rings. The zero-order chi connectivity index (χ0) is 14.3. The molecule has 108 valence electrons. The normalized spacial score (nSPS) is 11.3. The standard InChI is InChI=1S/C16H28N2O/c1-13(2)17-12-15-6-8-16(9-7-15)18(14(3)4)10-5-11-19/h6-9,13-14,17,19H,5,10-12H2,1-4H3. The number of benzene rings is 1. The van der Waals surface area contributed by atoms with Crippen LogP contribution in [0.2, 0.25) is 0 Å². The number of rotatable bonds is 8. The maximum atomic E-state index is 8.97. The second-order valence-electron chi connectivity index (χ2n) is 5.57. The molecule has 3 nitrogen and oxygen atoms in total. The van der Waals surface area contributed by atoms with Crippen molar-refractivity contribution in [3.63, 3.8) is 0 Å². The van der Waals surface area contributed by atoms with Crippen LogP contribution in [0.1, 0.15) is 39.7 Å². The predicted molar refractivity (Wildman–Crippen MR) is 82.6 cm³/mol. The maximum Gasteiger partial charge on any atom is 0.0447 e. The van der Waals surface area contributed by atoms with E-state index < -0.39 is 0 Å². The monoisotopic (exact) mass is 264 g/mol. The highest BCUT2D eigenvalue weighted by Gasteiger charge is 2.09. The predicted octanol–water partition coefficient (Wildman–Crippen LogP) is 2.78. The first kappa shape index (κ1) is 16.0. The number of nitrogens with one attached hydrogen (secondary N) is 1. The van der Waals surface area contributed by atoms with Crippen LogP contribution < -0.4 is 10.2 Å². The van der Waals surface area contributed by atoms with Gasteiger partial charge in [-0.15, -0.1) is 0 Å². The van der Waals surface area contributed by atoms with Crippen molar-refractivity contribution in [1.82, 2.24) is 5.32 Å². The van der Waals surface area contributed by atoms with E-state index in [0.29, 0.717) is 12.1 Å². The highest BCUT2D eigenvalue weighted by Crippen LogP contribution is 2.18. The van der Waals surface area contributed by atoms with Gasteiger partial charge in [-0.05, 0) is 38.0 Å². The molecule has 0 radical (unpaired) electrons.